The van der Waals surface area contributed by atoms with Crippen molar-refractivity contribution in [3.63, 3.8) is 0 Å². The second-order valence-electron chi connectivity index (χ2n) is 9.26. The van der Waals surface area contributed by atoms with Gasteiger partial charge in [0, 0.05) is 50.4 Å². The summed E-state index contributed by atoms with van der Waals surface area (Å²) in [6.45, 7) is 3.72. The quantitative estimate of drug-likeness (QED) is 0.258. The van der Waals surface area contributed by atoms with E-state index in [2.05, 4.69) is 32.2 Å². The lowest BCUT2D eigenvalue weighted by molar-refractivity contribution is 0.141. The van der Waals surface area contributed by atoms with Crippen LogP contribution in [0.25, 0.3) is 0 Å². The minimum absolute atomic E-state index is 0.0170. The van der Waals surface area contributed by atoms with Gasteiger partial charge in [-0.3, -0.25) is 10.6 Å². The molecule has 2 saturated heterocycles. The number of nitrogens with one attached hydrogen (secondary N) is 4. The van der Waals surface area contributed by atoms with Gasteiger partial charge in [0.05, 0.1) is 6.07 Å². The van der Waals surface area contributed by atoms with E-state index in [1.54, 1.807) is 11.8 Å². The van der Waals surface area contributed by atoms with Crippen molar-refractivity contribution in [3.05, 3.63) is 12.0 Å². The molecule has 182 valence electrons. The first kappa shape index (κ1) is 25.4. The Labute approximate surface area is 196 Å². The van der Waals surface area contributed by atoms with Gasteiger partial charge < -0.3 is 27.0 Å². The molecular formula is C22H41FN8S. The van der Waals surface area contributed by atoms with Gasteiger partial charge in [0.1, 0.15) is 22.7 Å². The Morgan fingerprint density at radius 2 is 2.09 bits per heavy atom. The largest absolute Gasteiger partial charge is 0.384 e. The monoisotopic (exact) mass is 468 g/mol. The maximum atomic E-state index is 13.6. The van der Waals surface area contributed by atoms with Crippen LogP contribution in [0.2, 0.25) is 0 Å². The molecule has 10 heteroatoms. The van der Waals surface area contributed by atoms with Crippen LogP contribution >= 0.6 is 11.8 Å². The van der Waals surface area contributed by atoms with Crippen molar-refractivity contribution in [2.24, 2.45) is 23.3 Å². The number of rotatable bonds is 11. The minimum Gasteiger partial charge on any atom is -0.384 e. The zero-order valence-corrected chi connectivity index (χ0v) is 20.0. The predicted molar refractivity (Wildman–Crippen MR) is 129 cm³/mol. The number of hydrogen-bond donors (Lipinski definition) is 6. The first-order chi connectivity index (χ1) is 15.5. The van der Waals surface area contributed by atoms with Crippen LogP contribution in [0.1, 0.15) is 38.5 Å². The van der Waals surface area contributed by atoms with Gasteiger partial charge in [-0.2, -0.15) is 5.26 Å². The predicted octanol–water partition coefficient (Wildman–Crippen LogP) is 0.591. The second kappa shape index (κ2) is 12.8. The first-order valence-corrected chi connectivity index (χ1v) is 13.0. The summed E-state index contributed by atoms with van der Waals surface area (Å²) >= 11 is 1.61. The molecule has 2 heterocycles. The Hall–Kier alpha value is -1.25. The molecular weight excluding hydrogens is 427 g/mol. The summed E-state index contributed by atoms with van der Waals surface area (Å²) in [5.41, 5.74) is 12.7. The van der Waals surface area contributed by atoms with Crippen molar-refractivity contribution in [3.8, 4) is 6.07 Å². The highest BCUT2D eigenvalue weighted by atomic mass is 32.2. The van der Waals surface area contributed by atoms with Crippen LogP contribution in [0, 0.1) is 23.2 Å². The van der Waals surface area contributed by atoms with Gasteiger partial charge in [-0.15, -0.1) is 11.8 Å². The number of nitrogens with two attached hydrogens (primary N) is 2. The lowest BCUT2D eigenvalue weighted by Crippen LogP contribution is -2.51. The molecule has 8 N–H and O–H groups in total. The molecule has 0 radical (unpaired) electrons. The van der Waals surface area contributed by atoms with Crippen LogP contribution in [0.5, 0.6) is 0 Å². The average molecular weight is 469 g/mol. The molecule has 32 heavy (non-hydrogen) atoms. The molecule has 0 spiro atoms. The van der Waals surface area contributed by atoms with E-state index in [1.165, 1.54) is 0 Å². The van der Waals surface area contributed by atoms with Crippen molar-refractivity contribution < 1.29 is 4.39 Å². The number of halogens is 1. The fourth-order valence-electron chi connectivity index (χ4n) is 5.26. The molecule has 1 aliphatic carbocycles. The SMILES string of the molecule is CNC[C@H](CN)[C@@H](CNC1NC[C@@H](C#N)S1)N/C=C(\N)N1CCCC1C1CCC(F)CC1. The molecule has 3 rings (SSSR count). The van der Waals surface area contributed by atoms with E-state index < -0.39 is 6.17 Å². The van der Waals surface area contributed by atoms with Crippen molar-refractivity contribution >= 4 is 11.8 Å². The smallest absolute Gasteiger partial charge is 0.115 e. The van der Waals surface area contributed by atoms with Gasteiger partial charge in [-0.1, -0.05) is 0 Å². The summed E-state index contributed by atoms with van der Waals surface area (Å²) in [5.74, 6) is 1.52. The first-order valence-electron chi connectivity index (χ1n) is 12.0. The lowest BCUT2D eigenvalue weighted by atomic mass is 9.82. The summed E-state index contributed by atoms with van der Waals surface area (Å²) in [7, 11) is 1.93. The Morgan fingerprint density at radius 1 is 1.31 bits per heavy atom. The average Bonchev–Trinajstić information content (AvgIpc) is 3.48. The highest BCUT2D eigenvalue weighted by Gasteiger charge is 2.35. The Bertz CT molecular complexity index is 636. The van der Waals surface area contributed by atoms with Crippen molar-refractivity contribution in [2.45, 2.75) is 67.5 Å². The van der Waals surface area contributed by atoms with E-state index in [0.717, 1.165) is 44.6 Å². The van der Waals surface area contributed by atoms with Crippen molar-refractivity contribution in [2.75, 3.05) is 39.8 Å². The number of nitrogens with zero attached hydrogens (tertiary/aromatic N) is 2. The van der Waals surface area contributed by atoms with E-state index >= 15 is 0 Å². The van der Waals surface area contributed by atoms with Crippen LogP contribution in [0.3, 0.4) is 0 Å². The molecule has 0 aromatic heterocycles. The highest BCUT2D eigenvalue weighted by molar-refractivity contribution is 8.00. The molecule has 3 fully saturated rings. The molecule has 0 aromatic rings. The van der Waals surface area contributed by atoms with Crippen LogP contribution in [0.15, 0.2) is 12.0 Å². The fraction of sp³-hybridized carbons (Fsp3) is 0.864. The van der Waals surface area contributed by atoms with Crippen LogP contribution in [0.4, 0.5) is 4.39 Å². The minimum atomic E-state index is -0.625. The Morgan fingerprint density at radius 3 is 2.75 bits per heavy atom. The van der Waals surface area contributed by atoms with Gasteiger partial charge in [-0.25, -0.2) is 4.39 Å². The van der Waals surface area contributed by atoms with Crippen LogP contribution in [-0.2, 0) is 0 Å². The van der Waals surface area contributed by atoms with Crippen LogP contribution in [-0.4, -0.2) is 73.7 Å². The summed E-state index contributed by atoms with van der Waals surface area (Å²) < 4.78 is 13.6. The van der Waals surface area contributed by atoms with E-state index in [1.807, 2.05) is 13.2 Å². The van der Waals surface area contributed by atoms with E-state index in [9.17, 15) is 4.39 Å². The zero-order valence-electron chi connectivity index (χ0n) is 19.2. The van der Waals surface area contributed by atoms with Gasteiger partial charge >= 0.3 is 0 Å². The third-order valence-corrected chi connectivity index (χ3v) is 8.32. The summed E-state index contributed by atoms with van der Waals surface area (Å²) in [5, 5.41) is 22.7. The standard InChI is InChI=1S/C22H41FN8S/c1-27-11-16(9-24)19(13-30-22-29-12-18(10-25)32-22)28-14-21(26)31-8-2-3-20(31)15-4-6-17(23)7-5-15/h14-20,22,27-30H,2-9,11-13,24,26H2,1H3/b21-14+/t15?,16-,17?,18+,19+,20?,22?/m0/s1. The third-order valence-electron chi connectivity index (χ3n) is 7.12. The van der Waals surface area contributed by atoms with Gasteiger partial charge in [0.15, 0.2) is 0 Å². The summed E-state index contributed by atoms with van der Waals surface area (Å²) in [6.07, 6.45) is 6.88. The van der Waals surface area contributed by atoms with Gasteiger partial charge in [-0.05, 0) is 58.0 Å². The number of nitriles is 1. The maximum absolute atomic E-state index is 13.6. The number of alkyl halides is 1. The van der Waals surface area contributed by atoms with Gasteiger partial charge in [0.25, 0.3) is 0 Å². The second-order valence-corrected chi connectivity index (χ2v) is 10.6. The molecule has 2 aliphatic heterocycles. The number of thioether (sulfide) groups is 1. The fourth-order valence-corrected chi connectivity index (χ4v) is 6.23. The van der Waals surface area contributed by atoms with Crippen molar-refractivity contribution in [1.82, 2.24) is 26.2 Å². The van der Waals surface area contributed by atoms with Gasteiger partial charge in [0.2, 0.25) is 0 Å². The van der Waals surface area contributed by atoms with Crippen molar-refractivity contribution in [1.29, 1.82) is 5.26 Å². The van der Waals surface area contributed by atoms with Crippen LogP contribution < -0.4 is 32.7 Å². The Balaban J connectivity index is 1.59. The molecule has 0 aromatic carbocycles. The summed E-state index contributed by atoms with van der Waals surface area (Å²) in [6, 6.07) is 2.82. The molecule has 2 unspecified atom stereocenters. The Kier molecular flexibility index (Phi) is 10.2. The summed E-state index contributed by atoms with van der Waals surface area (Å²) in [4.78, 5) is 2.32. The molecule has 0 amide bonds. The van der Waals surface area contributed by atoms with E-state index in [0.29, 0.717) is 44.4 Å². The number of likely N-dealkylation sites (tertiary alicyclic amines) is 1. The third kappa shape index (κ3) is 6.87. The molecule has 0 bridgehead atoms. The zero-order chi connectivity index (χ0) is 22.9. The lowest BCUT2D eigenvalue weighted by Gasteiger charge is -2.36. The molecule has 8 nitrogen and oxygen atoms in total. The normalized spacial score (nSPS) is 33.1. The molecule has 1 saturated carbocycles. The van der Waals surface area contributed by atoms with E-state index in [4.69, 9.17) is 16.7 Å². The maximum Gasteiger partial charge on any atom is 0.115 e. The van der Waals surface area contributed by atoms with E-state index in [-0.39, 0.29) is 22.7 Å². The highest BCUT2D eigenvalue weighted by Crippen LogP contribution is 2.36. The molecule has 5 atom stereocenters. The number of hydrogen-bond acceptors (Lipinski definition) is 9. The topological polar surface area (TPSA) is 127 Å². The molecule has 3 aliphatic rings.